The van der Waals surface area contributed by atoms with E-state index in [2.05, 4.69) is 0 Å². The molecule has 0 spiro atoms. The fraction of sp³-hybridized carbons (Fsp3) is 1.00. The Hall–Kier alpha value is 0.210. The monoisotopic (exact) mass is 177 g/mol. The van der Waals surface area contributed by atoms with Crippen molar-refractivity contribution >= 4 is 12.4 Å². The lowest BCUT2D eigenvalue weighted by Gasteiger charge is -2.63. The maximum Gasteiger partial charge on any atom is 0.0582 e. The summed E-state index contributed by atoms with van der Waals surface area (Å²) in [6.07, 6.45) is 5.22. The van der Waals surface area contributed by atoms with Gasteiger partial charge in [-0.2, -0.15) is 0 Å². The SMILES string of the molecule is Cl.N[C@H](CO)CC12CC(C1)C2. The van der Waals surface area contributed by atoms with Gasteiger partial charge in [0.25, 0.3) is 0 Å². The molecular weight excluding hydrogens is 162 g/mol. The summed E-state index contributed by atoms with van der Waals surface area (Å²) in [5.74, 6) is 1.03. The van der Waals surface area contributed by atoms with E-state index >= 15 is 0 Å². The average Bonchev–Trinajstić information content (AvgIpc) is 1.75. The maximum atomic E-state index is 8.71. The van der Waals surface area contributed by atoms with Gasteiger partial charge in [0.1, 0.15) is 0 Å². The predicted molar refractivity (Wildman–Crippen MR) is 46.7 cm³/mol. The molecule has 3 aliphatic carbocycles. The van der Waals surface area contributed by atoms with Crippen LogP contribution in [0.1, 0.15) is 25.7 Å². The fourth-order valence-corrected chi connectivity index (χ4v) is 2.53. The summed E-state index contributed by atoms with van der Waals surface area (Å²) in [6.45, 7) is 0.159. The van der Waals surface area contributed by atoms with E-state index in [1.54, 1.807) is 0 Å². The van der Waals surface area contributed by atoms with Crippen molar-refractivity contribution in [2.45, 2.75) is 31.7 Å². The molecule has 0 unspecified atom stereocenters. The number of aliphatic hydroxyl groups excluding tert-OH is 1. The highest BCUT2D eigenvalue weighted by atomic mass is 35.5. The molecule has 2 nitrogen and oxygen atoms in total. The third-order valence-electron chi connectivity index (χ3n) is 3.09. The van der Waals surface area contributed by atoms with Crippen LogP contribution >= 0.6 is 12.4 Å². The lowest BCUT2D eigenvalue weighted by atomic mass is 9.43. The van der Waals surface area contributed by atoms with Crippen molar-refractivity contribution in [2.24, 2.45) is 17.1 Å². The average molecular weight is 178 g/mol. The van der Waals surface area contributed by atoms with E-state index in [9.17, 15) is 0 Å². The third-order valence-corrected chi connectivity index (χ3v) is 3.09. The van der Waals surface area contributed by atoms with Gasteiger partial charge in [-0.05, 0) is 37.0 Å². The van der Waals surface area contributed by atoms with Crippen molar-refractivity contribution in [3.8, 4) is 0 Å². The van der Waals surface area contributed by atoms with Gasteiger partial charge in [-0.3, -0.25) is 0 Å². The minimum atomic E-state index is 0. The molecule has 3 fully saturated rings. The van der Waals surface area contributed by atoms with Gasteiger partial charge in [-0.25, -0.2) is 0 Å². The molecule has 66 valence electrons. The zero-order chi connectivity index (χ0) is 7.19. The van der Waals surface area contributed by atoms with Crippen LogP contribution in [0.4, 0.5) is 0 Å². The number of hydrogen-bond donors (Lipinski definition) is 2. The summed E-state index contributed by atoms with van der Waals surface area (Å²) >= 11 is 0. The normalized spacial score (nSPS) is 41.5. The summed E-state index contributed by atoms with van der Waals surface area (Å²) < 4.78 is 0. The molecule has 0 radical (unpaired) electrons. The molecule has 1 atom stereocenters. The number of rotatable bonds is 3. The first-order valence-electron chi connectivity index (χ1n) is 4.11. The Kier molecular flexibility index (Phi) is 2.47. The second-order valence-electron chi connectivity index (χ2n) is 4.13. The Morgan fingerprint density at radius 2 is 2.00 bits per heavy atom. The maximum absolute atomic E-state index is 8.71. The molecule has 0 saturated heterocycles. The molecule has 3 N–H and O–H groups in total. The van der Waals surface area contributed by atoms with Crippen molar-refractivity contribution in [3.05, 3.63) is 0 Å². The largest absolute Gasteiger partial charge is 0.395 e. The van der Waals surface area contributed by atoms with Crippen molar-refractivity contribution < 1.29 is 5.11 Å². The minimum absolute atomic E-state index is 0. The van der Waals surface area contributed by atoms with Crippen LogP contribution < -0.4 is 5.73 Å². The number of nitrogens with two attached hydrogens (primary N) is 1. The second-order valence-corrected chi connectivity index (χ2v) is 4.13. The van der Waals surface area contributed by atoms with Crippen LogP contribution in [0.2, 0.25) is 0 Å². The Balaban J connectivity index is 0.000000605. The van der Waals surface area contributed by atoms with Crippen molar-refractivity contribution in [1.82, 2.24) is 0 Å². The van der Waals surface area contributed by atoms with Gasteiger partial charge >= 0.3 is 0 Å². The van der Waals surface area contributed by atoms with Gasteiger partial charge in [0.15, 0.2) is 0 Å². The van der Waals surface area contributed by atoms with Crippen LogP contribution in [-0.2, 0) is 0 Å². The van der Waals surface area contributed by atoms with E-state index in [1.165, 1.54) is 19.3 Å². The van der Waals surface area contributed by atoms with E-state index in [4.69, 9.17) is 10.8 Å². The van der Waals surface area contributed by atoms with Crippen molar-refractivity contribution in [3.63, 3.8) is 0 Å². The molecule has 3 saturated carbocycles. The molecule has 3 heteroatoms. The summed E-state index contributed by atoms with van der Waals surface area (Å²) in [4.78, 5) is 0. The lowest BCUT2D eigenvalue weighted by molar-refractivity contribution is -0.118. The topological polar surface area (TPSA) is 46.2 Å². The van der Waals surface area contributed by atoms with Crippen molar-refractivity contribution in [2.75, 3.05) is 6.61 Å². The minimum Gasteiger partial charge on any atom is -0.395 e. The first-order chi connectivity index (χ1) is 4.74. The van der Waals surface area contributed by atoms with Crippen LogP contribution in [0.25, 0.3) is 0 Å². The Morgan fingerprint density at radius 3 is 2.27 bits per heavy atom. The van der Waals surface area contributed by atoms with E-state index in [-0.39, 0.29) is 25.1 Å². The molecule has 3 aliphatic rings. The smallest absolute Gasteiger partial charge is 0.0582 e. The summed E-state index contributed by atoms with van der Waals surface area (Å²) in [5.41, 5.74) is 6.25. The third kappa shape index (κ3) is 1.40. The van der Waals surface area contributed by atoms with E-state index in [1.807, 2.05) is 0 Å². The van der Waals surface area contributed by atoms with Crippen molar-refractivity contribution in [1.29, 1.82) is 0 Å². The van der Waals surface area contributed by atoms with Gasteiger partial charge in [-0.1, -0.05) is 0 Å². The first kappa shape index (κ1) is 9.30. The second kappa shape index (κ2) is 2.92. The molecule has 0 aromatic carbocycles. The van der Waals surface area contributed by atoms with Gasteiger partial charge < -0.3 is 10.8 Å². The number of halogens is 1. The molecule has 0 aromatic rings. The van der Waals surface area contributed by atoms with E-state index < -0.39 is 0 Å². The van der Waals surface area contributed by atoms with Gasteiger partial charge in [-0.15, -0.1) is 12.4 Å². The molecule has 0 amide bonds. The van der Waals surface area contributed by atoms with Gasteiger partial charge in [0.05, 0.1) is 6.61 Å². The predicted octanol–water partition coefficient (Wildman–Crippen LogP) is 0.918. The van der Waals surface area contributed by atoms with Crippen LogP contribution in [0.15, 0.2) is 0 Å². The van der Waals surface area contributed by atoms with Gasteiger partial charge in [0, 0.05) is 6.04 Å². The van der Waals surface area contributed by atoms with Crippen LogP contribution in [0, 0.1) is 11.3 Å². The van der Waals surface area contributed by atoms with E-state index in [0.717, 1.165) is 12.3 Å². The first-order valence-corrected chi connectivity index (χ1v) is 4.11. The Morgan fingerprint density at radius 1 is 1.45 bits per heavy atom. The standard InChI is InChI=1S/C8H15NO.ClH/c9-7(5-10)4-8-1-6(2-8)3-8;/h6-7,10H,1-5,9H2;1H/t6?,7-,8?;/m0./s1. The van der Waals surface area contributed by atoms with Gasteiger partial charge in [0.2, 0.25) is 0 Å². The highest BCUT2D eigenvalue weighted by molar-refractivity contribution is 5.85. The molecule has 3 rings (SSSR count). The molecule has 2 bridgehead atoms. The zero-order valence-electron chi connectivity index (χ0n) is 6.62. The molecule has 0 heterocycles. The zero-order valence-corrected chi connectivity index (χ0v) is 7.44. The lowest BCUT2D eigenvalue weighted by Crippen LogP contribution is -2.54. The number of aliphatic hydroxyl groups is 1. The molecule has 0 aromatic heterocycles. The Bertz CT molecular complexity index is 134. The Labute approximate surface area is 73.6 Å². The molecular formula is C8H16ClNO. The molecule has 0 aliphatic heterocycles. The highest BCUT2D eigenvalue weighted by Gasteiger charge is 2.56. The summed E-state index contributed by atoms with van der Waals surface area (Å²) in [5, 5.41) is 8.71. The van der Waals surface area contributed by atoms with Crippen LogP contribution in [0.3, 0.4) is 0 Å². The number of hydrogen-bond acceptors (Lipinski definition) is 2. The summed E-state index contributed by atoms with van der Waals surface area (Å²) in [7, 11) is 0. The fourth-order valence-electron chi connectivity index (χ4n) is 2.53. The molecule has 11 heavy (non-hydrogen) atoms. The highest BCUT2D eigenvalue weighted by Crippen LogP contribution is 2.66. The summed E-state index contributed by atoms with van der Waals surface area (Å²) in [6, 6.07) is 0.0428. The quantitative estimate of drug-likeness (QED) is 0.674. The van der Waals surface area contributed by atoms with Crippen LogP contribution in [0.5, 0.6) is 0 Å². The van der Waals surface area contributed by atoms with Crippen LogP contribution in [-0.4, -0.2) is 17.8 Å². The van der Waals surface area contributed by atoms with E-state index in [0.29, 0.717) is 5.41 Å².